The second-order valence-corrected chi connectivity index (χ2v) is 5.97. The molecule has 30 heavy (non-hydrogen) atoms. The SMILES string of the molecule is [2H]c1c([2H])c(-c2ccc3c(c2)C(=O)N(Cc2ncccn2)C([2H])([2H])CO3)c([2H])c([2H])c1OC(F)(F)F. The van der Waals surface area contributed by atoms with Crippen molar-refractivity contribution in [3.8, 4) is 22.6 Å². The van der Waals surface area contributed by atoms with E-state index in [0.29, 0.717) is 0 Å². The molecule has 1 amide bonds. The number of halogens is 3. The van der Waals surface area contributed by atoms with Gasteiger partial charge in [-0.25, -0.2) is 9.97 Å². The molecular formula is C21H16F3N3O3. The highest BCUT2D eigenvalue weighted by molar-refractivity contribution is 5.98. The predicted octanol–water partition coefficient (Wildman–Crippen LogP) is 4.08. The average molecular weight is 421 g/mol. The van der Waals surface area contributed by atoms with Crippen LogP contribution in [0.15, 0.2) is 60.8 Å². The Morgan fingerprint density at radius 1 is 1.17 bits per heavy atom. The number of carbonyl (C=O) groups excluding carboxylic acids is 1. The van der Waals surface area contributed by atoms with Crippen molar-refractivity contribution in [3.63, 3.8) is 0 Å². The second kappa shape index (κ2) is 8.02. The van der Waals surface area contributed by atoms with Crippen molar-refractivity contribution in [2.24, 2.45) is 0 Å². The van der Waals surface area contributed by atoms with Gasteiger partial charge in [-0.3, -0.25) is 4.79 Å². The summed E-state index contributed by atoms with van der Waals surface area (Å²) in [4.78, 5) is 22.3. The minimum Gasteiger partial charge on any atom is -0.491 e. The lowest BCUT2D eigenvalue weighted by molar-refractivity contribution is -0.274. The molecule has 0 fully saturated rings. The first kappa shape index (κ1) is 13.6. The van der Waals surface area contributed by atoms with Crippen LogP contribution in [0, 0.1) is 0 Å². The van der Waals surface area contributed by atoms with Crippen molar-refractivity contribution >= 4 is 5.91 Å². The monoisotopic (exact) mass is 421 g/mol. The largest absolute Gasteiger partial charge is 0.573 e. The highest BCUT2D eigenvalue weighted by atomic mass is 19.4. The van der Waals surface area contributed by atoms with E-state index in [1.165, 1.54) is 30.6 Å². The van der Waals surface area contributed by atoms with E-state index in [1.807, 2.05) is 0 Å². The maximum absolute atomic E-state index is 13.4. The third-order valence-electron chi connectivity index (χ3n) is 3.97. The summed E-state index contributed by atoms with van der Waals surface area (Å²) in [6.07, 6.45) is -2.38. The number of ether oxygens (including phenoxy) is 2. The van der Waals surface area contributed by atoms with Gasteiger partial charge in [0.05, 0.1) is 26.8 Å². The standard InChI is InChI=1S/C21H16F3N3O3/c22-21(23,24)30-16-5-2-14(3-6-16)15-4-7-18-17(12-15)20(28)27(10-11-29-18)13-19-25-8-1-9-26-19/h1-9,12H,10-11,13H2/i2D,3D,5D,6D,10D2. The van der Waals surface area contributed by atoms with Gasteiger partial charge >= 0.3 is 6.36 Å². The van der Waals surface area contributed by atoms with Crippen LogP contribution >= 0.6 is 0 Å². The second-order valence-electron chi connectivity index (χ2n) is 5.97. The Balaban J connectivity index is 1.81. The maximum atomic E-state index is 13.4. The normalized spacial score (nSPS) is 18.5. The Kier molecular flexibility index (Phi) is 3.63. The van der Waals surface area contributed by atoms with Gasteiger partial charge < -0.3 is 14.4 Å². The Morgan fingerprint density at radius 2 is 1.90 bits per heavy atom. The lowest BCUT2D eigenvalue weighted by Gasteiger charge is -2.19. The first-order chi connectivity index (χ1) is 16.8. The van der Waals surface area contributed by atoms with Crippen molar-refractivity contribution in [1.82, 2.24) is 14.9 Å². The van der Waals surface area contributed by atoms with E-state index in [-0.39, 0.29) is 34.8 Å². The van der Waals surface area contributed by atoms with Crippen LogP contribution in [0.4, 0.5) is 13.2 Å². The Labute approximate surface area is 178 Å². The molecule has 4 rings (SSSR count). The number of aromatic nitrogens is 2. The minimum atomic E-state index is -5.23. The molecule has 2 heterocycles. The minimum absolute atomic E-state index is 0.00335. The van der Waals surface area contributed by atoms with Crippen LogP contribution < -0.4 is 9.47 Å². The summed E-state index contributed by atoms with van der Waals surface area (Å²) in [5.41, 5.74) is -0.558. The van der Waals surface area contributed by atoms with Crippen LogP contribution in [0.25, 0.3) is 11.1 Å². The highest BCUT2D eigenvalue weighted by Gasteiger charge is 2.31. The van der Waals surface area contributed by atoms with E-state index in [1.54, 1.807) is 6.07 Å². The van der Waals surface area contributed by atoms with Gasteiger partial charge in [-0.1, -0.05) is 18.2 Å². The van der Waals surface area contributed by atoms with Gasteiger partial charge in [0.2, 0.25) is 0 Å². The van der Waals surface area contributed by atoms with E-state index in [9.17, 15) is 18.0 Å². The molecule has 1 aliphatic rings. The molecule has 0 aliphatic carbocycles. The van der Waals surface area contributed by atoms with E-state index in [0.717, 1.165) is 4.90 Å². The fourth-order valence-corrected chi connectivity index (χ4v) is 2.68. The average Bonchev–Trinajstić information content (AvgIpc) is 2.91. The Hall–Kier alpha value is -3.62. The smallest absolute Gasteiger partial charge is 0.491 e. The van der Waals surface area contributed by atoms with E-state index in [4.69, 9.17) is 13.0 Å². The van der Waals surface area contributed by atoms with Crippen LogP contribution in [0.5, 0.6) is 11.5 Å². The molecule has 0 saturated carbocycles. The zero-order chi connectivity index (χ0) is 26.4. The first-order valence-corrected chi connectivity index (χ1v) is 8.51. The zero-order valence-corrected chi connectivity index (χ0v) is 15.1. The third-order valence-corrected chi connectivity index (χ3v) is 3.97. The lowest BCUT2D eigenvalue weighted by Crippen LogP contribution is -2.32. The maximum Gasteiger partial charge on any atom is 0.573 e. The summed E-state index contributed by atoms with van der Waals surface area (Å²) in [5.74, 6) is -1.95. The van der Waals surface area contributed by atoms with Crippen molar-refractivity contribution in [2.45, 2.75) is 12.9 Å². The lowest BCUT2D eigenvalue weighted by atomic mass is 10.0. The molecule has 1 aliphatic heterocycles. The van der Waals surface area contributed by atoms with E-state index < -0.39 is 55.3 Å². The fraction of sp³-hybridized carbons (Fsp3) is 0.190. The van der Waals surface area contributed by atoms with Crippen LogP contribution in [-0.4, -0.2) is 40.2 Å². The molecule has 6 nitrogen and oxygen atoms in total. The molecule has 1 aromatic heterocycles. The van der Waals surface area contributed by atoms with Crippen LogP contribution in [0.2, 0.25) is 0 Å². The van der Waals surface area contributed by atoms with E-state index >= 15 is 0 Å². The number of carbonyl (C=O) groups is 1. The summed E-state index contributed by atoms with van der Waals surface area (Å²) in [6.45, 7) is -3.09. The van der Waals surface area contributed by atoms with Crippen LogP contribution in [0.1, 0.15) is 24.4 Å². The van der Waals surface area contributed by atoms with Gasteiger partial charge in [0.15, 0.2) is 0 Å². The summed E-state index contributed by atoms with van der Waals surface area (Å²) < 4.78 is 96.0. The van der Waals surface area contributed by atoms with Crippen molar-refractivity contribution in [3.05, 3.63) is 72.2 Å². The summed E-state index contributed by atoms with van der Waals surface area (Å²) in [6, 6.07) is 1.56. The van der Waals surface area contributed by atoms with Crippen molar-refractivity contribution < 1.29 is 35.7 Å². The number of alkyl halides is 3. The molecule has 0 spiro atoms. The van der Waals surface area contributed by atoms with Crippen LogP contribution in [0.3, 0.4) is 0 Å². The molecular weight excluding hydrogens is 399 g/mol. The highest BCUT2D eigenvalue weighted by Crippen LogP contribution is 2.31. The molecule has 0 bridgehead atoms. The topological polar surface area (TPSA) is 64.6 Å². The molecule has 154 valence electrons. The summed E-state index contributed by atoms with van der Waals surface area (Å²) >= 11 is 0. The molecule has 0 atom stereocenters. The summed E-state index contributed by atoms with van der Waals surface area (Å²) in [5, 5.41) is 0. The van der Waals surface area contributed by atoms with Gasteiger partial charge in [-0.05, 0) is 41.4 Å². The van der Waals surface area contributed by atoms with Crippen molar-refractivity contribution in [1.29, 1.82) is 0 Å². The number of benzene rings is 2. The Bertz CT molecular complexity index is 1310. The molecule has 0 N–H and O–H groups in total. The summed E-state index contributed by atoms with van der Waals surface area (Å²) in [7, 11) is 0. The van der Waals surface area contributed by atoms with Gasteiger partial charge in [-0.15, -0.1) is 13.2 Å². The van der Waals surface area contributed by atoms with Gasteiger partial charge in [0.1, 0.15) is 23.9 Å². The number of rotatable bonds is 4. The van der Waals surface area contributed by atoms with Gasteiger partial charge in [0.25, 0.3) is 5.91 Å². The fourth-order valence-electron chi connectivity index (χ4n) is 2.68. The molecule has 0 saturated heterocycles. The molecule has 0 radical (unpaired) electrons. The van der Waals surface area contributed by atoms with E-state index in [2.05, 4.69) is 14.7 Å². The molecule has 2 aromatic carbocycles. The quantitative estimate of drug-likeness (QED) is 0.635. The molecule has 3 aromatic rings. The third kappa shape index (κ3) is 4.51. The number of amides is 1. The zero-order valence-electron chi connectivity index (χ0n) is 21.1. The van der Waals surface area contributed by atoms with Gasteiger partial charge in [0, 0.05) is 12.4 Å². The number of hydrogen-bond donors (Lipinski definition) is 0. The molecule has 9 heteroatoms. The van der Waals surface area contributed by atoms with Crippen LogP contribution in [-0.2, 0) is 6.54 Å². The van der Waals surface area contributed by atoms with Crippen molar-refractivity contribution in [2.75, 3.05) is 13.1 Å². The number of hydrogen-bond acceptors (Lipinski definition) is 5. The number of fused-ring (bicyclic) bond motifs is 1. The molecule has 0 unspecified atom stereocenters. The predicted molar refractivity (Wildman–Crippen MR) is 101 cm³/mol. The first-order valence-electron chi connectivity index (χ1n) is 11.5. The number of nitrogens with zero attached hydrogens (tertiary/aromatic N) is 3. The Morgan fingerprint density at radius 3 is 2.60 bits per heavy atom. The van der Waals surface area contributed by atoms with Gasteiger partial charge in [-0.2, -0.15) is 0 Å².